The molecular weight excluding hydrogens is 296 g/mol. The van der Waals surface area contributed by atoms with Crippen molar-refractivity contribution in [3.63, 3.8) is 0 Å². The van der Waals surface area contributed by atoms with Gasteiger partial charge < -0.3 is 4.74 Å². The Bertz CT molecular complexity index is 712. The topological polar surface area (TPSA) is 26.3 Å². The molecule has 0 unspecified atom stereocenters. The summed E-state index contributed by atoms with van der Waals surface area (Å²) in [5, 5.41) is 0.628. The zero-order chi connectivity index (χ0) is 15.9. The Labute approximate surface area is 135 Å². The molecule has 0 spiro atoms. The van der Waals surface area contributed by atoms with Gasteiger partial charge in [-0.05, 0) is 60.1 Å². The lowest BCUT2D eigenvalue weighted by molar-refractivity contribution is -0.111. The second-order valence-corrected chi connectivity index (χ2v) is 5.23. The molecule has 22 heavy (non-hydrogen) atoms. The highest BCUT2D eigenvalue weighted by Crippen LogP contribution is 2.17. The maximum Gasteiger partial charge on any atom is 0.181 e. The van der Waals surface area contributed by atoms with E-state index in [9.17, 15) is 4.79 Å². The summed E-state index contributed by atoms with van der Waals surface area (Å²) < 4.78 is 5.11. The lowest BCUT2D eigenvalue weighted by Crippen LogP contribution is -1.94. The fourth-order valence-corrected chi connectivity index (χ4v) is 2.13. The molecule has 0 bridgehead atoms. The number of carbonyl (C=O) groups is 1. The Morgan fingerprint density at radius 2 is 1.77 bits per heavy atom. The molecule has 0 N–H and O–H groups in total. The number of allylic oxidation sites excluding steroid dienone is 2. The third kappa shape index (κ3) is 4.34. The maximum atomic E-state index is 12.1. The second kappa shape index (κ2) is 7.62. The van der Waals surface area contributed by atoms with E-state index in [1.807, 2.05) is 48.5 Å². The molecule has 2 aromatic carbocycles. The molecule has 0 atom stereocenters. The van der Waals surface area contributed by atoms with Gasteiger partial charge in [-0.2, -0.15) is 0 Å². The smallest absolute Gasteiger partial charge is 0.181 e. The molecule has 0 saturated carbocycles. The van der Waals surface area contributed by atoms with Crippen LogP contribution in [-0.4, -0.2) is 12.9 Å². The molecule has 0 aromatic heterocycles. The average molecular weight is 313 g/mol. The number of benzene rings is 2. The number of hydrogen-bond acceptors (Lipinski definition) is 2. The van der Waals surface area contributed by atoms with Gasteiger partial charge in [0.15, 0.2) is 5.78 Å². The Morgan fingerprint density at radius 3 is 2.41 bits per heavy atom. The minimum absolute atomic E-state index is 0.0456. The molecule has 0 amide bonds. The summed E-state index contributed by atoms with van der Waals surface area (Å²) in [4.78, 5) is 12.1. The first-order chi connectivity index (χ1) is 10.6. The second-order valence-electron chi connectivity index (χ2n) is 4.82. The van der Waals surface area contributed by atoms with Crippen LogP contribution in [0.25, 0.3) is 12.2 Å². The zero-order valence-corrected chi connectivity index (χ0v) is 13.3. The number of methoxy groups -OCH3 is 1. The Kier molecular flexibility index (Phi) is 5.56. The highest BCUT2D eigenvalue weighted by atomic mass is 35.5. The fourth-order valence-electron chi connectivity index (χ4n) is 1.93. The Balaban J connectivity index is 2.11. The number of halogens is 1. The van der Waals surface area contributed by atoms with Crippen molar-refractivity contribution >= 4 is 29.5 Å². The Morgan fingerprint density at radius 1 is 1.09 bits per heavy atom. The first-order valence-electron chi connectivity index (χ1n) is 6.89. The summed E-state index contributed by atoms with van der Waals surface area (Å²) in [6.45, 7) is 1.80. The molecule has 112 valence electrons. The molecule has 3 heteroatoms. The van der Waals surface area contributed by atoms with Gasteiger partial charge in [-0.15, -0.1) is 0 Å². The number of ketones is 1. The van der Waals surface area contributed by atoms with E-state index in [0.29, 0.717) is 10.6 Å². The van der Waals surface area contributed by atoms with E-state index < -0.39 is 0 Å². The van der Waals surface area contributed by atoms with E-state index in [1.165, 1.54) is 6.08 Å². The lowest BCUT2D eigenvalue weighted by Gasteiger charge is -2.01. The number of hydrogen-bond donors (Lipinski definition) is 0. The van der Waals surface area contributed by atoms with Gasteiger partial charge in [-0.1, -0.05) is 41.9 Å². The van der Waals surface area contributed by atoms with Gasteiger partial charge in [0.2, 0.25) is 0 Å². The van der Waals surface area contributed by atoms with Crippen molar-refractivity contribution in [2.75, 3.05) is 7.11 Å². The van der Waals surface area contributed by atoms with Crippen molar-refractivity contribution in [2.24, 2.45) is 0 Å². The van der Waals surface area contributed by atoms with Crippen molar-refractivity contribution in [1.29, 1.82) is 0 Å². The van der Waals surface area contributed by atoms with Crippen LogP contribution >= 0.6 is 11.6 Å². The van der Waals surface area contributed by atoms with E-state index in [4.69, 9.17) is 16.3 Å². The molecule has 0 heterocycles. The summed E-state index contributed by atoms with van der Waals surface area (Å²) in [5.41, 5.74) is 2.45. The fraction of sp³-hybridized carbons (Fsp3) is 0.105. The summed E-state index contributed by atoms with van der Waals surface area (Å²) in [6, 6.07) is 15.0. The monoisotopic (exact) mass is 312 g/mol. The van der Waals surface area contributed by atoms with E-state index in [1.54, 1.807) is 26.2 Å². The van der Waals surface area contributed by atoms with Crippen LogP contribution in [0.5, 0.6) is 5.75 Å². The molecule has 0 aliphatic carbocycles. The van der Waals surface area contributed by atoms with Crippen LogP contribution in [0.4, 0.5) is 0 Å². The molecule has 2 nitrogen and oxygen atoms in total. The van der Waals surface area contributed by atoms with Gasteiger partial charge >= 0.3 is 0 Å². The molecule has 0 aliphatic rings. The highest BCUT2D eigenvalue weighted by molar-refractivity contribution is 6.32. The summed E-state index contributed by atoms with van der Waals surface area (Å²) in [6.07, 6.45) is 5.12. The first kappa shape index (κ1) is 16.1. The molecule has 2 rings (SSSR count). The van der Waals surface area contributed by atoms with Crippen LogP contribution in [0.3, 0.4) is 0 Å². The van der Waals surface area contributed by atoms with Crippen molar-refractivity contribution in [1.82, 2.24) is 0 Å². The first-order valence-corrected chi connectivity index (χ1v) is 7.27. The van der Waals surface area contributed by atoms with Gasteiger partial charge in [-0.3, -0.25) is 4.79 Å². The van der Waals surface area contributed by atoms with E-state index >= 15 is 0 Å². The minimum atomic E-state index is -0.0456. The van der Waals surface area contributed by atoms with Crippen LogP contribution < -0.4 is 4.74 Å². The number of ether oxygens (including phenoxy) is 1. The van der Waals surface area contributed by atoms with Gasteiger partial charge in [-0.25, -0.2) is 0 Å². The molecule has 0 aliphatic heterocycles. The largest absolute Gasteiger partial charge is 0.497 e. The van der Waals surface area contributed by atoms with Gasteiger partial charge in [0.25, 0.3) is 0 Å². The average Bonchev–Trinajstić information content (AvgIpc) is 2.54. The number of rotatable bonds is 5. The quantitative estimate of drug-likeness (QED) is 0.723. The van der Waals surface area contributed by atoms with Crippen LogP contribution in [0.2, 0.25) is 5.02 Å². The van der Waals surface area contributed by atoms with E-state index in [0.717, 1.165) is 16.9 Å². The standard InChI is InChI=1S/C19H17ClO2/c1-14(13-15-7-10-17(22-2)11-8-15)19(21)12-9-16-5-3-4-6-18(16)20/h3-13H,1-2H3/b12-9+,14-13+. The van der Waals surface area contributed by atoms with Crippen LogP contribution in [0.1, 0.15) is 18.1 Å². The van der Waals surface area contributed by atoms with Gasteiger partial charge in [0, 0.05) is 5.02 Å². The molecule has 0 fully saturated rings. The minimum Gasteiger partial charge on any atom is -0.497 e. The maximum absolute atomic E-state index is 12.1. The molecule has 2 aromatic rings. The van der Waals surface area contributed by atoms with Crippen molar-refractivity contribution < 1.29 is 9.53 Å². The van der Waals surface area contributed by atoms with Crippen LogP contribution in [0.15, 0.2) is 60.2 Å². The summed E-state index contributed by atoms with van der Waals surface area (Å²) >= 11 is 6.06. The molecular formula is C19H17ClO2. The van der Waals surface area contributed by atoms with Crippen molar-refractivity contribution in [3.8, 4) is 5.75 Å². The van der Waals surface area contributed by atoms with Crippen LogP contribution in [-0.2, 0) is 4.79 Å². The van der Waals surface area contributed by atoms with Crippen molar-refractivity contribution in [3.05, 3.63) is 76.3 Å². The van der Waals surface area contributed by atoms with Gasteiger partial charge in [0.05, 0.1) is 7.11 Å². The summed E-state index contributed by atoms with van der Waals surface area (Å²) in [7, 11) is 1.62. The highest BCUT2D eigenvalue weighted by Gasteiger charge is 2.01. The number of carbonyl (C=O) groups excluding carboxylic acids is 1. The SMILES string of the molecule is COc1ccc(/C=C(\C)C(=O)/C=C/c2ccccc2Cl)cc1. The van der Waals surface area contributed by atoms with E-state index in [2.05, 4.69) is 0 Å². The van der Waals surface area contributed by atoms with E-state index in [-0.39, 0.29) is 5.78 Å². The summed E-state index contributed by atoms with van der Waals surface area (Å²) in [5.74, 6) is 0.746. The normalized spacial score (nSPS) is 11.7. The van der Waals surface area contributed by atoms with Crippen LogP contribution in [0, 0.1) is 0 Å². The molecule has 0 saturated heterocycles. The molecule has 0 radical (unpaired) electrons. The predicted octanol–water partition coefficient (Wildman–Crippen LogP) is 5.03. The Hall–Kier alpha value is -2.32. The third-order valence-electron chi connectivity index (χ3n) is 3.21. The van der Waals surface area contributed by atoms with Gasteiger partial charge in [0.1, 0.15) is 5.75 Å². The lowest BCUT2D eigenvalue weighted by atomic mass is 10.1. The predicted molar refractivity (Wildman–Crippen MR) is 92.1 cm³/mol. The van der Waals surface area contributed by atoms with Crippen molar-refractivity contribution in [2.45, 2.75) is 6.92 Å². The zero-order valence-electron chi connectivity index (χ0n) is 12.5. The third-order valence-corrected chi connectivity index (χ3v) is 3.55.